The summed E-state index contributed by atoms with van der Waals surface area (Å²) in [6.45, 7) is 1.14. The molecular weight excluding hydrogens is 230 g/mol. The van der Waals surface area contributed by atoms with Crippen molar-refractivity contribution in [3.63, 3.8) is 0 Å². The molecule has 0 saturated carbocycles. The van der Waals surface area contributed by atoms with Crippen LogP contribution in [0.5, 0.6) is 0 Å². The predicted octanol–water partition coefficient (Wildman–Crippen LogP) is 1.75. The van der Waals surface area contributed by atoms with Crippen LogP contribution in [0.3, 0.4) is 0 Å². The molecule has 0 fully saturated rings. The third-order valence-electron chi connectivity index (χ3n) is 2.48. The van der Waals surface area contributed by atoms with Crippen LogP contribution in [0, 0.1) is 0 Å². The van der Waals surface area contributed by atoms with Gasteiger partial charge in [-0.25, -0.2) is 0 Å². The van der Waals surface area contributed by atoms with Gasteiger partial charge in [0.1, 0.15) is 12.6 Å². The minimum Gasteiger partial charge on any atom is -0.481 e. The van der Waals surface area contributed by atoms with Crippen molar-refractivity contribution in [2.45, 2.75) is 19.1 Å². The van der Waals surface area contributed by atoms with Crippen molar-refractivity contribution >= 4 is 5.97 Å². The number of rotatable bonds is 7. The van der Waals surface area contributed by atoms with Gasteiger partial charge in [-0.15, -0.1) is 0 Å². The van der Waals surface area contributed by atoms with Crippen molar-refractivity contribution in [1.82, 2.24) is 0 Å². The predicted molar refractivity (Wildman–Crippen MR) is 70.2 cm³/mol. The summed E-state index contributed by atoms with van der Waals surface area (Å²) in [5.41, 5.74) is 1.06. The molecule has 0 amide bonds. The second kappa shape index (κ2) is 6.52. The first-order valence-electron chi connectivity index (χ1n) is 6.04. The normalized spacial score (nSPS) is 13.3. The van der Waals surface area contributed by atoms with Gasteiger partial charge in [-0.2, -0.15) is 0 Å². The van der Waals surface area contributed by atoms with Gasteiger partial charge in [-0.3, -0.25) is 4.79 Å². The van der Waals surface area contributed by atoms with Crippen molar-refractivity contribution in [2.24, 2.45) is 0 Å². The van der Waals surface area contributed by atoms with Crippen molar-refractivity contribution in [1.29, 1.82) is 0 Å². The molecule has 0 heterocycles. The second-order valence-electron chi connectivity index (χ2n) is 5.49. The number of benzene rings is 1. The Morgan fingerprint density at radius 3 is 2.39 bits per heavy atom. The Morgan fingerprint density at radius 1 is 1.28 bits per heavy atom. The first kappa shape index (κ1) is 14.7. The quantitative estimate of drug-likeness (QED) is 0.752. The molecule has 0 saturated heterocycles. The molecule has 4 nitrogen and oxygen atoms in total. The highest BCUT2D eigenvalue weighted by atomic mass is 16.5. The van der Waals surface area contributed by atoms with Crippen molar-refractivity contribution in [3.05, 3.63) is 35.9 Å². The molecule has 18 heavy (non-hydrogen) atoms. The summed E-state index contributed by atoms with van der Waals surface area (Å²) in [7, 11) is 6.09. The third kappa shape index (κ3) is 6.37. The summed E-state index contributed by atoms with van der Waals surface area (Å²) < 4.78 is 6.41. The Kier molecular flexibility index (Phi) is 5.31. The zero-order valence-electron chi connectivity index (χ0n) is 11.3. The molecule has 0 spiro atoms. The number of carboxylic acid groups (broad SMARTS) is 1. The minimum atomic E-state index is -0.818. The van der Waals surface area contributed by atoms with Crippen molar-refractivity contribution < 1.29 is 19.1 Å². The number of carbonyl (C=O) groups is 1. The average Bonchev–Trinajstić information content (AvgIpc) is 2.24. The van der Waals surface area contributed by atoms with Crippen LogP contribution in [-0.4, -0.2) is 49.4 Å². The van der Waals surface area contributed by atoms with Gasteiger partial charge in [-0.1, -0.05) is 30.3 Å². The van der Waals surface area contributed by atoms with E-state index in [-0.39, 0.29) is 12.5 Å². The monoisotopic (exact) mass is 252 g/mol. The first-order valence-corrected chi connectivity index (χ1v) is 6.04. The zero-order chi connectivity index (χ0) is 13.6. The summed E-state index contributed by atoms with van der Waals surface area (Å²) in [5, 5.41) is 8.89. The van der Waals surface area contributed by atoms with Crippen LogP contribution >= 0.6 is 0 Å². The molecule has 0 bridgehead atoms. The fourth-order valence-electron chi connectivity index (χ4n) is 1.77. The Labute approximate surface area is 108 Å². The van der Waals surface area contributed by atoms with E-state index in [4.69, 9.17) is 9.84 Å². The van der Waals surface area contributed by atoms with Gasteiger partial charge < -0.3 is 14.3 Å². The van der Waals surface area contributed by atoms with Crippen LogP contribution in [0.15, 0.2) is 30.3 Å². The fraction of sp³-hybridized carbons (Fsp3) is 0.500. The van der Waals surface area contributed by atoms with Gasteiger partial charge >= 0.3 is 5.97 Å². The van der Waals surface area contributed by atoms with Crippen LogP contribution in [0.1, 0.15) is 12.0 Å². The molecule has 1 unspecified atom stereocenters. The van der Waals surface area contributed by atoms with E-state index in [9.17, 15) is 4.79 Å². The molecule has 1 aromatic carbocycles. The molecule has 4 heteroatoms. The number of aliphatic carboxylic acids is 1. The summed E-state index contributed by atoms with van der Waals surface area (Å²) in [6.07, 6.45) is -0.217. The second-order valence-corrected chi connectivity index (χ2v) is 5.49. The molecule has 1 aromatic rings. The number of quaternary nitrogens is 1. The van der Waals surface area contributed by atoms with Crippen LogP contribution in [-0.2, 0) is 16.1 Å². The lowest BCUT2D eigenvalue weighted by atomic mass is 10.2. The van der Waals surface area contributed by atoms with Gasteiger partial charge in [0.2, 0.25) is 0 Å². The molecular formula is C14H22NO3+. The number of ether oxygens (including phenoxy) is 1. The highest BCUT2D eigenvalue weighted by Gasteiger charge is 2.21. The Hall–Kier alpha value is -1.39. The lowest BCUT2D eigenvalue weighted by molar-refractivity contribution is -0.873. The van der Waals surface area contributed by atoms with Crippen LogP contribution in [0.4, 0.5) is 0 Å². The maximum absolute atomic E-state index is 10.8. The zero-order valence-corrected chi connectivity index (χ0v) is 11.3. The van der Waals surface area contributed by atoms with E-state index in [2.05, 4.69) is 0 Å². The first-order chi connectivity index (χ1) is 8.37. The third-order valence-corrected chi connectivity index (χ3v) is 2.48. The highest BCUT2D eigenvalue weighted by molar-refractivity contribution is 5.67. The van der Waals surface area contributed by atoms with E-state index in [0.29, 0.717) is 17.6 Å². The number of nitrogens with zero attached hydrogens (tertiary/aromatic N) is 1. The van der Waals surface area contributed by atoms with E-state index < -0.39 is 5.97 Å². The van der Waals surface area contributed by atoms with Gasteiger partial charge in [0.05, 0.1) is 34.2 Å². The maximum Gasteiger partial charge on any atom is 0.306 e. The Morgan fingerprint density at radius 2 is 1.89 bits per heavy atom. The fourth-order valence-corrected chi connectivity index (χ4v) is 1.77. The molecule has 1 rings (SSSR count). The SMILES string of the molecule is C[N+](C)(C)CC(CC(=O)O)OCc1ccccc1. The van der Waals surface area contributed by atoms with Crippen LogP contribution in [0.2, 0.25) is 0 Å². The summed E-state index contributed by atoms with van der Waals surface area (Å²) in [5.74, 6) is -0.818. The minimum absolute atomic E-state index is 0.0440. The summed E-state index contributed by atoms with van der Waals surface area (Å²) >= 11 is 0. The number of hydrogen-bond donors (Lipinski definition) is 1. The molecule has 100 valence electrons. The van der Waals surface area contributed by atoms with E-state index in [1.165, 1.54) is 0 Å². The molecule has 0 aromatic heterocycles. The van der Waals surface area contributed by atoms with Crippen molar-refractivity contribution in [2.75, 3.05) is 27.7 Å². The van der Waals surface area contributed by atoms with Gasteiger partial charge in [0, 0.05) is 0 Å². The number of likely N-dealkylation sites (N-methyl/N-ethyl adjacent to an activating group) is 1. The summed E-state index contributed by atoms with van der Waals surface area (Å²) in [4.78, 5) is 10.8. The van der Waals surface area contributed by atoms with Crippen molar-refractivity contribution in [3.8, 4) is 0 Å². The molecule has 0 aliphatic carbocycles. The van der Waals surface area contributed by atoms with E-state index in [1.807, 2.05) is 51.5 Å². The lowest BCUT2D eigenvalue weighted by Gasteiger charge is -2.28. The van der Waals surface area contributed by atoms with E-state index in [1.54, 1.807) is 0 Å². The number of hydrogen-bond acceptors (Lipinski definition) is 2. The maximum atomic E-state index is 10.8. The largest absolute Gasteiger partial charge is 0.481 e. The smallest absolute Gasteiger partial charge is 0.306 e. The van der Waals surface area contributed by atoms with E-state index >= 15 is 0 Å². The topological polar surface area (TPSA) is 46.5 Å². The highest BCUT2D eigenvalue weighted by Crippen LogP contribution is 2.09. The number of carboxylic acids is 1. The molecule has 0 aliphatic heterocycles. The van der Waals surface area contributed by atoms with Gasteiger partial charge in [0.15, 0.2) is 0 Å². The molecule has 1 atom stereocenters. The summed E-state index contributed by atoms with van der Waals surface area (Å²) in [6, 6.07) is 9.80. The average molecular weight is 252 g/mol. The Balaban J connectivity index is 2.53. The molecule has 1 N–H and O–H groups in total. The molecule has 0 aliphatic rings. The standard InChI is InChI=1S/C14H21NO3/c1-15(2,3)10-13(9-14(16)17)18-11-12-7-5-4-6-8-12/h4-8,13H,9-11H2,1-3H3/p+1. The van der Waals surface area contributed by atoms with Crippen LogP contribution < -0.4 is 0 Å². The Bertz CT molecular complexity index is 370. The van der Waals surface area contributed by atoms with Gasteiger partial charge in [0.25, 0.3) is 0 Å². The molecule has 0 radical (unpaired) electrons. The van der Waals surface area contributed by atoms with Crippen LogP contribution in [0.25, 0.3) is 0 Å². The lowest BCUT2D eigenvalue weighted by Crippen LogP contribution is -2.43. The van der Waals surface area contributed by atoms with E-state index in [0.717, 1.165) is 5.56 Å². The van der Waals surface area contributed by atoms with Gasteiger partial charge in [-0.05, 0) is 5.56 Å².